The van der Waals surface area contributed by atoms with Gasteiger partial charge in [0, 0.05) is 44.2 Å². The Morgan fingerprint density at radius 3 is 2.42 bits per heavy atom. The second-order valence-corrected chi connectivity index (χ2v) is 8.42. The highest BCUT2D eigenvalue weighted by atomic mass is 32.2. The van der Waals surface area contributed by atoms with Crippen LogP contribution in [0.5, 0.6) is 0 Å². The molecule has 1 aromatic heterocycles. The van der Waals surface area contributed by atoms with E-state index in [-0.39, 0.29) is 10.8 Å². The predicted molar refractivity (Wildman–Crippen MR) is 102 cm³/mol. The zero-order valence-electron chi connectivity index (χ0n) is 15.9. The third kappa shape index (κ3) is 4.03. The topological polar surface area (TPSA) is 84.3 Å². The molecule has 0 aliphatic rings. The number of anilines is 1. The van der Waals surface area contributed by atoms with Gasteiger partial charge in [-0.25, -0.2) is 12.7 Å². The molecule has 0 fully saturated rings. The van der Waals surface area contributed by atoms with E-state index in [0.29, 0.717) is 11.3 Å². The van der Waals surface area contributed by atoms with Gasteiger partial charge in [0.2, 0.25) is 15.9 Å². The van der Waals surface area contributed by atoms with Crippen LogP contribution in [0.2, 0.25) is 0 Å². The van der Waals surface area contributed by atoms with E-state index >= 15 is 0 Å². The van der Waals surface area contributed by atoms with E-state index in [9.17, 15) is 13.2 Å². The maximum atomic E-state index is 12.4. The number of rotatable bonds is 5. The van der Waals surface area contributed by atoms with E-state index in [0.717, 1.165) is 21.3 Å². The molecule has 2 aromatic rings. The molecule has 140 valence electrons. The number of hydrogen-bond acceptors (Lipinski definition) is 4. The molecule has 0 aliphatic heterocycles. The van der Waals surface area contributed by atoms with Gasteiger partial charge in [-0.05, 0) is 44.5 Å². The molecular weight excluding hydrogens is 352 g/mol. The van der Waals surface area contributed by atoms with Crippen molar-refractivity contribution in [2.24, 2.45) is 7.05 Å². The van der Waals surface area contributed by atoms with Crippen molar-refractivity contribution in [2.75, 3.05) is 19.4 Å². The molecule has 0 bridgehead atoms. The summed E-state index contributed by atoms with van der Waals surface area (Å²) in [5.74, 6) is -0.343. The quantitative estimate of drug-likeness (QED) is 0.811. The number of benzene rings is 1. The van der Waals surface area contributed by atoms with Gasteiger partial charge in [0.25, 0.3) is 0 Å². The number of amides is 1. The Morgan fingerprint density at radius 1 is 1.23 bits per heavy atom. The molecule has 1 aromatic carbocycles. The van der Waals surface area contributed by atoms with Crippen LogP contribution in [-0.4, -0.2) is 42.5 Å². The van der Waals surface area contributed by atoms with Crippen LogP contribution in [0.15, 0.2) is 29.2 Å². The number of hydrogen-bond donors (Lipinski definition) is 1. The Kier molecular flexibility index (Phi) is 5.68. The molecule has 0 saturated carbocycles. The minimum atomic E-state index is -3.58. The van der Waals surface area contributed by atoms with Gasteiger partial charge in [0.1, 0.15) is 0 Å². The van der Waals surface area contributed by atoms with E-state index in [2.05, 4.69) is 10.4 Å². The van der Waals surface area contributed by atoms with Crippen molar-refractivity contribution in [1.29, 1.82) is 0 Å². The average Bonchev–Trinajstić information content (AvgIpc) is 2.79. The van der Waals surface area contributed by atoms with Gasteiger partial charge in [-0.1, -0.05) is 6.07 Å². The first-order valence-corrected chi connectivity index (χ1v) is 9.50. The van der Waals surface area contributed by atoms with Crippen molar-refractivity contribution in [3.63, 3.8) is 0 Å². The first-order chi connectivity index (χ1) is 12.0. The van der Waals surface area contributed by atoms with Crippen molar-refractivity contribution >= 4 is 27.7 Å². The SMILES string of the molecule is Cc1ccc(NC(=O)C=Cc2c(C)nn(C)c2C)cc1S(=O)(=O)N(C)C. The lowest BCUT2D eigenvalue weighted by molar-refractivity contribution is -0.111. The number of aryl methyl sites for hydroxylation is 3. The maximum absolute atomic E-state index is 12.4. The third-order valence-electron chi connectivity index (χ3n) is 4.18. The van der Waals surface area contributed by atoms with Gasteiger partial charge < -0.3 is 5.32 Å². The van der Waals surface area contributed by atoms with Crippen LogP contribution in [0.3, 0.4) is 0 Å². The van der Waals surface area contributed by atoms with Gasteiger partial charge in [-0.15, -0.1) is 0 Å². The minimum absolute atomic E-state index is 0.170. The van der Waals surface area contributed by atoms with Crippen LogP contribution >= 0.6 is 0 Å². The summed E-state index contributed by atoms with van der Waals surface area (Å²) in [5, 5.41) is 7.00. The number of nitrogens with zero attached hydrogens (tertiary/aromatic N) is 3. The highest BCUT2D eigenvalue weighted by Gasteiger charge is 2.20. The van der Waals surface area contributed by atoms with Gasteiger partial charge in [-0.3, -0.25) is 9.48 Å². The van der Waals surface area contributed by atoms with Crippen molar-refractivity contribution in [2.45, 2.75) is 25.7 Å². The lowest BCUT2D eigenvalue weighted by Crippen LogP contribution is -2.23. The van der Waals surface area contributed by atoms with Gasteiger partial charge >= 0.3 is 0 Å². The van der Waals surface area contributed by atoms with Crippen molar-refractivity contribution in [1.82, 2.24) is 14.1 Å². The summed E-state index contributed by atoms with van der Waals surface area (Å²) in [4.78, 5) is 12.4. The number of carbonyl (C=O) groups excluding carboxylic acids is 1. The Balaban J connectivity index is 2.24. The molecule has 8 heteroatoms. The van der Waals surface area contributed by atoms with E-state index in [1.807, 2.05) is 20.9 Å². The molecule has 0 spiro atoms. The fourth-order valence-electron chi connectivity index (χ4n) is 2.53. The zero-order valence-corrected chi connectivity index (χ0v) is 16.7. The summed E-state index contributed by atoms with van der Waals surface area (Å²) >= 11 is 0. The summed E-state index contributed by atoms with van der Waals surface area (Å²) in [6.45, 7) is 5.52. The lowest BCUT2D eigenvalue weighted by Gasteiger charge is -2.14. The summed E-state index contributed by atoms with van der Waals surface area (Å²) in [7, 11) is 1.22. The third-order valence-corrected chi connectivity index (χ3v) is 6.14. The molecule has 2 rings (SSSR count). The van der Waals surface area contributed by atoms with Crippen molar-refractivity contribution < 1.29 is 13.2 Å². The Bertz CT molecular complexity index is 973. The largest absolute Gasteiger partial charge is 0.322 e. The monoisotopic (exact) mass is 376 g/mol. The first-order valence-electron chi connectivity index (χ1n) is 8.06. The molecule has 26 heavy (non-hydrogen) atoms. The molecular formula is C18H24N4O3S. The molecule has 1 N–H and O–H groups in total. The molecule has 1 heterocycles. The van der Waals surface area contributed by atoms with Crippen molar-refractivity contribution in [3.8, 4) is 0 Å². The van der Waals surface area contributed by atoms with Crippen LogP contribution in [-0.2, 0) is 21.9 Å². The Morgan fingerprint density at radius 2 is 1.88 bits per heavy atom. The molecule has 7 nitrogen and oxygen atoms in total. The molecule has 0 saturated heterocycles. The average molecular weight is 376 g/mol. The van der Waals surface area contributed by atoms with Crippen LogP contribution in [0.1, 0.15) is 22.5 Å². The number of carbonyl (C=O) groups is 1. The molecule has 0 unspecified atom stereocenters. The number of aromatic nitrogens is 2. The second kappa shape index (κ2) is 7.43. The fraction of sp³-hybridized carbons (Fsp3) is 0.333. The highest BCUT2D eigenvalue weighted by Crippen LogP contribution is 2.22. The minimum Gasteiger partial charge on any atom is -0.322 e. The van der Waals surface area contributed by atoms with E-state index in [4.69, 9.17) is 0 Å². The van der Waals surface area contributed by atoms with Gasteiger partial charge in [-0.2, -0.15) is 5.10 Å². The van der Waals surface area contributed by atoms with E-state index in [1.54, 1.807) is 29.8 Å². The van der Waals surface area contributed by atoms with E-state index in [1.165, 1.54) is 26.2 Å². The maximum Gasteiger partial charge on any atom is 0.248 e. The molecule has 0 aliphatic carbocycles. The molecule has 1 amide bonds. The second-order valence-electron chi connectivity index (χ2n) is 6.30. The normalized spacial score (nSPS) is 12.1. The van der Waals surface area contributed by atoms with Gasteiger partial charge in [0.05, 0.1) is 10.6 Å². The van der Waals surface area contributed by atoms with Crippen molar-refractivity contribution in [3.05, 3.63) is 46.8 Å². The van der Waals surface area contributed by atoms with E-state index < -0.39 is 10.0 Å². The Labute approximate surface area is 154 Å². The number of sulfonamides is 1. The van der Waals surface area contributed by atoms with Crippen LogP contribution in [0.4, 0.5) is 5.69 Å². The van der Waals surface area contributed by atoms with Gasteiger partial charge in [0.15, 0.2) is 0 Å². The molecule has 0 atom stereocenters. The summed E-state index contributed by atoms with van der Waals surface area (Å²) < 4.78 is 27.6. The summed E-state index contributed by atoms with van der Waals surface area (Å²) in [5.41, 5.74) is 3.73. The van der Waals surface area contributed by atoms with Crippen LogP contribution < -0.4 is 5.32 Å². The Hall–Kier alpha value is -2.45. The standard InChI is InChI=1S/C18H24N4O3S/c1-12-7-8-15(11-17(12)26(24,25)21(4)5)19-18(23)10-9-16-13(2)20-22(6)14(16)3/h7-11H,1-6H3,(H,19,23). The first kappa shape index (κ1) is 19.9. The summed E-state index contributed by atoms with van der Waals surface area (Å²) in [6, 6.07) is 4.82. The highest BCUT2D eigenvalue weighted by molar-refractivity contribution is 7.89. The number of nitrogens with one attached hydrogen (secondary N) is 1. The van der Waals surface area contributed by atoms with Crippen LogP contribution in [0.25, 0.3) is 6.08 Å². The predicted octanol–water partition coefficient (Wildman–Crippen LogP) is 2.25. The lowest BCUT2D eigenvalue weighted by atomic mass is 10.2. The fourth-order valence-corrected chi connectivity index (χ4v) is 3.67. The molecule has 0 radical (unpaired) electrons. The zero-order chi connectivity index (χ0) is 19.6. The van der Waals surface area contributed by atoms with Crippen LogP contribution in [0, 0.1) is 20.8 Å². The summed E-state index contributed by atoms with van der Waals surface area (Å²) in [6.07, 6.45) is 3.12. The smallest absolute Gasteiger partial charge is 0.248 e.